The summed E-state index contributed by atoms with van der Waals surface area (Å²) in [7, 11) is 0. The number of benzene rings is 3. The first-order chi connectivity index (χ1) is 17.1. The number of anilines is 2. The van der Waals surface area contributed by atoms with Gasteiger partial charge in [-0.2, -0.15) is 0 Å². The number of carbonyl (C=O) groups excluding carboxylic acids is 2. The largest absolute Gasteiger partial charge is 0.493 e. The van der Waals surface area contributed by atoms with Crippen LogP contribution in [-0.2, 0) is 11.2 Å². The fourth-order valence-corrected chi connectivity index (χ4v) is 3.78. The van der Waals surface area contributed by atoms with Crippen molar-refractivity contribution in [2.24, 2.45) is 0 Å². The number of amides is 2. The first-order valence-electron chi connectivity index (χ1n) is 12.3. The summed E-state index contributed by atoms with van der Waals surface area (Å²) in [5.41, 5.74) is 3.25. The number of ether oxygens (including phenoxy) is 1. The molecule has 0 aliphatic carbocycles. The molecular weight excluding hydrogens is 438 g/mol. The van der Waals surface area contributed by atoms with Crippen LogP contribution in [-0.4, -0.2) is 43.0 Å². The molecule has 2 amide bonds. The van der Waals surface area contributed by atoms with E-state index >= 15 is 0 Å². The van der Waals surface area contributed by atoms with Crippen molar-refractivity contribution in [3.8, 4) is 5.75 Å². The zero-order chi connectivity index (χ0) is 24.9. The summed E-state index contributed by atoms with van der Waals surface area (Å²) in [6.45, 7) is 6.26. The lowest BCUT2D eigenvalue weighted by atomic mass is 10.1. The molecule has 3 aromatic carbocycles. The molecule has 0 bridgehead atoms. The van der Waals surface area contributed by atoms with Crippen molar-refractivity contribution in [3.63, 3.8) is 0 Å². The molecule has 35 heavy (non-hydrogen) atoms. The number of carbonyl (C=O) groups is 2. The van der Waals surface area contributed by atoms with Crippen LogP contribution in [0.15, 0.2) is 78.9 Å². The van der Waals surface area contributed by atoms with E-state index in [9.17, 15) is 9.59 Å². The lowest BCUT2D eigenvalue weighted by Gasteiger charge is -2.21. The van der Waals surface area contributed by atoms with Crippen molar-refractivity contribution >= 4 is 23.2 Å². The Labute approximate surface area is 208 Å². The minimum Gasteiger partial charge on any atom is -0.493 e. The summed E-state index contributed by atoms with van der Waals surface area (Å²) in [6.07, 6.45) is 2.66. The summed E-state index contributed by atoms with van der Waals surface area (Å²) in [5.74, 6) is 0.550. The van der Waals surface area contributed by atoms with Crippen molar-refractivity contribution in [3.05, 3.63) is 90.0 Å². The van der Waals surface area contributed by atoms with E-state index in [-0.39, 0.29) is 18.4 Å². The first kappa shape index (κ1) is 25.8. The highest BCUT2D eigenvalue weighted by atomic mass is 16.5. The van der Waals surface area contributed by atoms with Gasteiger partial charge in [-0.1, -0.05) is 56.3 Å². The van der Waals surface area contributed by atoms with Crippen LogP contribution >= 0.6 is 0 Å². The van der Waals surface area contributed by atoms with Gasteiger partial charge in [-0.05, 0) is 48.7 Å². The fourth-order valence-electron chi connectivity index (χ4n) is 3.78. The molecule has 0 radical (unpaired) electrons. The van der Waals surface area contributed by atoms with Crippen LogP contribution in [0.3, 0.4) is 0 Å². The van der Waals surface area contributed by atoms with Crippen LogP contribution in [0.25, 0.3) is 0 Å². The highest BCUT2D eigenvalue weighted by Crippen LogP contribution is 2.18. The average Bonchev–Trinajstić information content (AvgIpc) is 2.88. The van der Waals surface area contributed by atoms with E-state index in [1.54, 1.807) is 6.07 Å². The van der Waals surface area contributed by atoms with Gasteiger partial charge < -0.3 is 20.3 Å². The van der Waals surface area contributed by atoms with Gasteiger partial charge in [0, 0.05) is 42.5 Å². The molecule has 0 spiro atoms. The minimum absolute atomic E-state index is 0.0193. The number of nitrogens with zero attached hydrogens (tertiary/aromatic N) is 1. The Morgan fingerprint density at radius 3 is 2.29 bits per heavy atom. The monoisotopic (exact) mass is 473 g/mol. The summed E-state index contributed by atoms with van der Waals surface area (Å²) < 4.78 is 5.85. The van der Waals surface area contributed by atoms with Crippen molar-refractivity contribution in [2.75, 3.05) is 36.9 Å². The minimum atomic E-state index is -0.179. The van der Waals surface area contributed by atoms with Crippen molar-refractivity contribution < 1.29 is 14.3 Å². The molecule has 0 saturated heterocycles. The lowest BCUT2D eigenvalue weighted by Crippen LogP contribution is -2.32. The first-order valence-corrected chi connectivity index (χ1v) is 12.3. The zero-order valence-electron chi connectivity index (χ0n) is 20.6. The number of hydrogen-bond donors (Lipinski definition) is 2. The zero-order valence-corrected chi connectivity index (χ0v) is 20.6. The fraction of sp³-hybridized carbons (Fsp3) is 0.310. The quantitative estimate of drug-likeness (QED) is 0.338. The van der Waals surface area contributed by atoms with Gasteiger partial charge in [0.2, 0.25) is 5.91 Å². The third-order valence-electron chi connectivity index (χ3n) is 5.46. The van der Waals surface area contributed by atoms with Crippen molar-refractivity contribution in [1.82, 2.24) is 4.90 Å². The third kappa shape index (κ3) is 8.49. The van der Waals surface area contributed by atoms with E-state index < -0.39 is 0 Å². The van der Waals surface area contributed by atoms with E-state index in [2.05, 4.69) is 36.6 Å². The van der Waals surface area contributed by atoms with E-state index in [0.29, 0.717) is 23.6 Å². The van der Waals surface area contributed by atoms with Crippen LogP contribution in [0.5, 0.6) is 5.75 Å². The summed E-state index contributed by atoms with van der Waals surface area (Å²) >= 11 is 0. The van der Waals surface area contributed by atoms with Gasteiger partial charge in [0.05, 0.1) is 13.2 Å². The van der Waals surface area contributed by atoms with Gasteiger partial charge in [-0.25, -0.2) is 0 Å². The van der Waals surface area contributed by atoms with Gasteiger partial charge in [0.1, 0.15) is 5.75 Å². The number of rotatable bonds is 13. The summed E-state index contributed by atoms with van der Waals surface area (Å²) in [6, 6.07) is 24.9. The Morgan fingerprint density at radius 2 is 1.54 bits per heavy atom. The highest BCUT2D eigenvalue weighted by molar-refractivity contribution is 5.96. The van der Waals surface area contributed by atoms with Crippen LogP contribution in [0.1, 0.15) is 42.6 Å². The second-order valence-corrected chi connectivity index (χ2v) is 8.39. The molecule has 0 heterocycles. The summed E-state index contributed by atoms with van der Waals surface area (Å²) in [5, 5.41) is 6.01. The van der Waals surface area contributed by atoms with E-state index in [1.165, 1.54) is 5.56 Å². The van der Waals surface area contributed by atoms with Gasteiger partial charge in [-0.15, -0.1) is 0 Å². The molecular formula is C29H35N3O3. The molecule has 3 aromatic rings. The van der Waals surface area contributed by atoms with Crippen molar-refractivity contribution in [1.29, 1.82) is 0 Å². The standard InChI is InChI=1S/C29H35N3O3/c1-3-17-32(18-4-2)29(34)24-12-8-13-25(20-24)30-22-28(33)31-26-14-9-15-27(21-26)35-19-16-23-10-6-5-7-11-23/h5-15,20-21,30H,3-4,16-19,22H2,1-2H3,(H,31,33). The Kier molecular flexibility index (Phi) is 10.2. The van der Waals surface area contributed by atoms with Gasteiger partial charge in [0.15, 0.2) is 0 Å². The Morgan fingerprint density at radius 1 is 0.829 bits per heavy atom. The summed E-state index contributed by atoms with van der Waals surface area (Å²) in [4.78, 5) is 27.2. The van der Waals surface area contributed by atoms with Crippen LogP contribution < -0.4 is 15.4 Å². The smallest absolute Gasteiger partial charge is 0.253 e. The number of hydrogen-bond acceptors (Lipinski definition) is 4. The van der Waals surface area contributed by atoms with Gasteiger partial charge >= 0.3 is 0 Å². The van der Waals surface area contributed by atoms with E-state index in [1.807, 2.05) is 65.6 Å². The Hall–Kier alpha value is -3.80. The van der Waals surface area contributed by atoms with Crippen LogP contribution in [0, 0.1) is 0 Å². The molecule has 3 rings (SSSR count). The normalized spacial score (nSPS) is 10.5. The Bertz CT molecular complexity index is 1080. The molecule has 0 atom stereocenters. The lowest BCUT2D eigenvalue weighted by molar-refractivity contribution is -0.114. The maximum absolute atomic E-state index is 12.9. The second-order valence-electron chi connectivity index (χ2n) is 8.39. The predicted octanol–water partition coefficient (Wildman–Crippen LogP) is 5.62. The molecule has 0 aromatic heterocycles. The molecule has 6 nitrogen and oxygen atoms in total. The number of nitrogens with one attached hydrogen (secondary N) is 2. The topological polar surface area (TPSA) is 70.7 Å². The second kappa shape index (κ2) is 13.8. The van der Waals surface area contributed by atoms with Crippen molar-refractivity contribution in [2.45, 2.75) is 33.1 Å². The third-order valence-corrected chi connectivity index (χ3v) is 5.46. The van der Waals surface area contributed by atoms with Gasteiger partial charge in [0.25, 0.3) is 5.91 Å². The SMILES string of the molecule is CCCN(CCC)C(=O)c1cccc(NCC(=O)Nc2cccc(OCCc3ccccc3)c2)c1. The van der Waals surface area contributed by atoms with Crippen LogP contribution in [0.2, 0.25) is 0 Å². The molecule has 6 heteroatoms. The molecule has 0 aliphatic rings. The van der Waals surface area contributed by atoms with Crippen LogP contribution in [0.4, 0.5) is 11.4 Å². The molecule has 0 fully saturated rings. The maximum Gasteiger partial charge on any atom is 0.253 e. The van der Waals surface area contributed by atoms with Gasteiger partial charge in [-0.3, -0.25) is 9.59 Å². The molecule has 0 unspecified atom stereocenters. The molecule has 0 saturated carbocycles. The van der Waals surface area contributed by atoms with E-state index in [4.69, 9.17) is 4.74 Å². The predicted molar refractivity (Wildman–Crippen MR) is 142 cm³/mol. The highest BCUT2D eigenvalue weighted by Gasteiger charge is 2.14. The maximum atomic E-state index is 12.9. The molecule has 2 N–H and O–H groups in total. The molecule has 0 aliphatic heterocycles. The van der Waals surface area contributed by atoms with E-state index in [0.717, 1.165) is 38.0 Å². The molecule has 184 valence electrons. The average molecular weight is 474 g/mol. The Balaban J connectivity index is 1.50.